The number of benzene rings is 3. The Hall–Kier alpha value is -3.47. The van der Waals surface area contributed by atoms with Gasteiger partial charge in [-0.2, -0.15) is 0 Å². The van der Waals surface area contributed by atoms with Crippen LogP contribution in [-0.4, -0.2) is 21.0 Å². The van der Waals surface area contributed by atoms with Crippen LogP contribution < -0.4 is 0 Å². The van der Waals surface area contributed by atoms with E-state index >= 15 is 0 Å². The number of aromatic nitrogens is 3. The van der Waals surface area contributed by atoms with E-state index in [0.717, 1.165) is 22.2 Å². The van der Waals surface area contributed by atoms with Gasteiger partial charge in [0.05, 0.1) is 5.52 Å². The van der Waals surface area contributed by atoms with E-state index in [2.05, 4.69) is 10.3 Å². The number of esters is 1. The molecule has 128 valence electrons. The molecule has 0 aliphatic rings. The Morgan fingerprint density at radius 3 is 2.31 bits per heavy atom. The molecule has 0 bridgehead atoms. The first-order chi connectivity index (χ1) is 12.8. The molecule has 0 aliphatic heterocycles. The zero-order valence-corrected chi connectivity index (χ0v) is 14.0. The number of hydrogen-bond acceptors (Lipinski definition) is 4. The van der Waals surface area contributed by atoms with Crippen LogP contribution in [-0.2, 0) is 16.1 Å². The first-order valence-electron chi connectivity index (χ1n) is 8.38. The van der Waals surface area contributed by atoms with Gasteiger partial charge in [0.25, 0.3) is 0 Å². The van der Waals surface area contributed by atoms with Crippen molar-refractivity contribution in [1.29, 1.82) is 0 Å². The van der Waals surface area contributed by atoms with E-state index in [1.807, 2.05) is 84.9 Å². The Balaban J connectivity index is 1.68. The average molecular weight is 343 g/mol. The largest absolute Gasteiger partial charge is 0.459 e. The topological polar surface area (TPSA) is 57.0 Å². The molecule has 0 amide bonds. The van der Waals surface area contributed by atoms with Crippen LogP contribution in [0.15, 0.2) is 84.9 Å². The zero-order valence-electron chi connectivity index (χ0n) is 14.0. The molecule has 0 N–H and O–H groups in total. The fourth-order valence-electron chi connectivity index (χ4n) is 2.90. The molecule has 1 aromatic heterocycles. The maximum Gasteiger partial charge on any atom is 0.336 e. The Labute approximate surface area is 150 Å². The summed E-state index contributed by atoms with van der Waals surface area (Å²) >= 11 is 0. The Kier molecular flexibility index (Phi) is 4.43. The van der Waals surface area contributed by atoms with Gasteiger partial charge in [-0.05, 0) is 23.3 Å². The first-order valence-corrected chi connectivity index (χ1v) is 8.38. The smallest absolute Gasteiger partial charge is 0.336 e. The molecule has 26 heavy (non-hydrogen) atoms. The van der Waals surface area contributed by atoms with E-state index in [9.17, 15) is 4.79 Å². The van der Waals surface area contributed by atoms with E-state index in [0.29, 0.717) is 0 Å². The highest BCUT2D eigenvalue weighted by Gasteiger charge is 2.27. The van der Waals surface area contributed by atoms with Crippen LogP contribution in [0.3, 0.4) is 0 Å². The minimum Gasteiger partial charge on any atom is -0.459 e. The van der Waals surface area contributed by atoms with Crippen LogP contribution in [0.5, 0.6) is 0 Å². The molecule has 0 saturated carbocycles. The Morgan fingerprint density at radius 2 is 1.54 bits per heavy atom. The lowest BCUT2D eigenvalue weighted by atomic mass is 10.1. The average Bonchev–Trinajstić information content (AvgIpc) is 3.12. The molecule has 1 heterocycles. The highest BCUT2D eigenvalue weighted by Crippen LogP contribution is 2.24. The molecule has 0 radical (unpaired) electrons. The van der Waals surface area contributed by atoms with Crippen molar-refractivity contribution in [1.82, 2.24) is 15.0 Å². The summed E-state index contributed by atoms with van der Waals surface area (Å²) in [7, 11) is 0. The summed E-state index contributed by atoms with van der Waals surface area (Å²) in [5.74, 6) is -0.365. The highest BCUT2D eigenvalue weighted by atomic mass is 16.5. The van der Waals surface area contributed by atoms with Gasteiger partial charge in [0.2, 0.25) is 0 Å². The number of hydrogen-bond donors (Lipinski definition) is 0. The number of ether oxygens (including phenoxy) is 1. The number of rotatable bonds is 5. The minimum atomic E-state index is -0.688. The van der Waals surface area contributed by atoms with Crippen molar-refractivity contribution in [3.05, 3.63) is 96.1 Å². The van der Waals surface area contributed by atoms with Crippen LogP contribution in [0.2, 0.25) is 0 Å². The monoisotopic (exact) mass is 343 g/mol. The van der Waals surface area contributed by atoms with Crippen LogP contribution >= 0.6 is 0 Å². The fourth-order valence-corrected chi connectivity index (χ4v) is 2.90. The summed E-state index contributed by atoms with van der Waals surface area (Å²) < 4.78 is 7.21. The van der Waals surface area contributed by atoms with Gasteiger partial charge in [0.1, 0.15) is 12.1 Å². The highest BCUT2D eigenvalue weighted by molar-refractivity contribution is 5.82. The van der Waals surface area contributed by atoms with Crippen molar-refractivity contribution >= 4 is 17.0 Å². The van der Waals surface area contributed by atoms with Gasteiger partial charge in [-0.15, -0.1) is 5.10 Å². The van der Waals surface area contributed by atoms with Crippen LogP contribution in [0.4, 0.5) is 0 Å². The molecule has 0 fully saturated rings. The summed E-state index contributed by atoms with van der Waals surface area (Å²) in [4.78, 5) is 12.9. The number of nitrogens with zero attached hydrogens (tertiary/aromatic N) is 3. The van der Waals surface area contributed by atoms with Gasteiger partial charge >= 0.3 is 5.97 Å². The number of carbonyl (C=O) groups excluding carboxylic acids is 1. The van der Waals surface area contributed by atoms with E-state index in [1.165, 1.54) is 0 Å². The van der Waals surface area contributed by atoms with Crippen molar-refractivity contribution in [3.8, 4) is 0 Å². The zero-order chi connectivity index (χ0) is 17.8. The molecular formula is C21H17N3O2. The standard InChI is InChI=1S/C21H17N3O2/c25-21(26-15-16-9-3-1-4-10-16)20(17-11-5-2-6-12-17)24-19-14-8-7-13-18(19)22-23-24/h1-14,20H,15H2. The van der Waals surface area contributed by atoms with E-state index in [1.54, 1.807) is 4.68 Å². The lowest BCUT2D eigenvalue weighted by Crippen LogP contribution is -2.24. The lowest BCUT2D eigenvalue weighted by molar-refractivity contribution is -0.147. The third kappa shape index (κ3) is 3.19. The third-order valence-electron chi connectivity index (χ3n) is 4.18. The summed E-state index contributed by atoms with van der Waals surface area (Å²) in [6, 6.07) is 26.0. The molecule has 1 unspecified atom stereocenters. The summed E-state index contributed by atoms with van der Waals surface area (Å²) in [6.07, 6.45) is 0. The van der Waals surface area contributed by atoms with Crippen molar-refractivity contribution in [2.75, 3.05) is 0 Å². The normalized spacial score (nSPS) is 12.0. The number of para-hydroxylation sites is 1. The van der Waals surface area contributed by atoms with Gasteiger partial charge in [0, 0.05) is 0 Å². The second-order valence-electron chi connectivity index (χ2n) is 5.93. The van der Waals surface area contributed by atoms with Crippen molar-refractivity contribution < 1.29 is 9.53 Å². The first kappa shape index (κ1) is 16.0. The van der Waals surface area contributed by atoms with Crippen molar-refractivity contribution in [3.63, 3.8) is 0 Å². The molecule has 5 heteroatoms. The van der Waals surface area contributed by atoms with Crippen LogP contribution in [0.25, 0.3) is 11.0 Å². The summed E-state index contributed by atoms with van der Waals surface area (Å²) in [6.45, 7) is 0.218. The van der Waals surface area contributed by atoms with Crippen molar-refractivity contribution in [2.45, 2.75) is 12.6 Å². The van der Waals surface area contributed by atoms with Gasteiger partial charge in [-0.1, -0.05) is 78.0 Å². The summed E-state index contributed by atoms with van der Waals surface area (Å²) in [5, 5.41) is 8.38. The molecule has 4 aromatic rings. The van der Waals surface area contributed by atoms with E-state index in [4.69, 9.17) is 4.74 Å². The maximum atomic E-state index is 12.9. The molecule has 0 saturated heterocycles. The quantitative estimate of drug-likeness (QED) is 0.518. The second-order valence-corrected chi connectivity index (χ2v) is 5.93. The Bertz CT molecular complexity index is 1010. The molecule has 5 nitrogen and oxygen atoms in total. The molecule has 0 aliphatic carbocycles. The fraction of sp³-hybridized carbons (Fsp3) is 0.0952. The van der Waals surface area contributed by atoms with Gasteiger partial charge in [0.15, 0.2) is 6.04 Å². The van der Waals surface area contributed by atoms with Crippen molar-refractivity contribution in [2.24, 2.45) is 0 Å². The minimum absolute atomic E-state index is 0.218. The number of fused-ring (bicyclic) bond motifs is 1. The van der Waals surface area contributed by atoms with Gasteiger partial charge in [-0.3, -0.25) is 0 Å². The molecule has 0 spiro atoms. The van der Waals surface area contributed by atoms with E-state index < -0.39 is 6.04 Å². The van der Waals surface area contributed by atoms with Crippen LogP contribution in [0, 0.1) is 0 Å². The predicted molar refractivity (Wildman–Crippen MR) is 98.3 cm³/mol. The molecule has 1 atom stereocenters. The molecule has 3 aromatic carbocycles. The molecular weight excluding hydrogens is 326 g/mol. The SMILES string of the molecule is O=C(OCc1ccccc1)C(c1ccccc1)n1nnc2ccccc21. The van der Waals surface area contributed by atoms with Gasteiger partial charge < -0.3 is 4.74 Å². The Morgan fingerprint density at radius 1 is 0.885 bits per heavy atom. The maximum absolute atomic E-state index is 12.9. The molecule has 4 rings (SSSR count). The lowest BCUT2D eigenvalue weighted by Gasteiger charge is -2.17. The second kappa shape index (κ2) is 7.19. The third-order valence-corrected chi connectivity index (χ3v) is 4.18. The van der Waals surface area contributed by atoms with E-state index in [-0.39, 0.29) is 12.6 Å². The summed E-state index contributed by atoms with van der Waals surface area (Å²) in [5.41, 5.74) is 3.28. The predicted octanol–water partition coefficient (Wildman–Crippen LogP) is 3.76. The van der Waals surface area contributed by atoms with Gasteiger partial charge in [-0.25, -0.2) is 9.48 Å². The van der Waals surface area contributed by atoms with Crippen LogP contribution in [0.1, 0.15) is 17.2 Å². The number of carbonyl (C=O) groups is 1.